The molecule has 0 heterocycles. The normalized spacial score (nSPS) is 14.2. The SMILES string of the molecule is CCC(C)C(NC(=O)CNC(C)C)C(=O)OC. The van der Waals surface area contributed by atoms with Crippen molar-refractivity contribution in [2.75, 3.05) is 13.7 Å². The average molecular weight is 244 g/mol. The van der Waals surface area contributed by atoms with Crippen molar-refractivity contribution in [1.29, 1.82) is 0 Å². The van der Waals surface area contributed by atoms with Crippen molar-refractivity contribution in [2.45, 2.75) is 46.2 Å². The molecule has 0 saturated carbocycles. The molecule has 5 heteroatoms. The Balaban J connectivity index is 4.33. The number of nitrogens with one attached hydrogen (secondary N) is 2. The molecule has 100 valence electrons. The second-order valence-corrected chi connectivity index (χ2v) is 4.49. The van der Waals surface area contributed by atoms with Gasteiger partial charge in [-0.15, -0.1) is 0 Å². The lowest BCUT2D eigenvalue weighted by Gasteiger charge is -2.22. The maximum Gasteiger partial charge on any atom is 0.328 e. The molecule has 0 radical (unpaired) electrons. The van der Waals surface area contributed by atoms with Gasteiger partial charge in [-0.1, -0.05) is 34.1 Å². The summed E-state index contributed by atoms with van der Waals surface area (Å²) in [5.41, 5.74) is 0. The summed E-state index contributed by atoms with van der Waals surface area (Å²) >= 11 is 0. The van der Waals surface area contributed by atoms with E-state index in [0.717, 1.165) is 6.42 Å². The predicted octanol–water partition coefficient (Wildman–Crippen LogP) is 0.688. The van der Waals surface area contributed by atoms with Crippen LogP contribution in [0.5, 0.6) is 0 Å². The van der Waals surface area contributed by atoms with E-state index in [1.807, 2.05) is 27.7 Å². The Hall–Kier alpha value is -1.10. The minimum atomic E-state index is -0.563. The van der Waals surface area contributed by atoms with E-state index in [1.54, 1.807) is 0 Å². The zero-order valence-corrected chi connectivity index (χ0v) is 11.4. The van der Waals surface area contributed by atoms with Gasteiger partial charge in [0, 0.05) is 6.04 Å². The molecule has 0 aromatic carbocycles. The predicted molar refractivity (Wildman–Crippen MR) is 66.5 cm³/mol. The van der Waals surface area contributed by atoms with E-state index in [1.165, 1.54) is 7.11 Å². The van der Waals surface area contributed by atoms with Crippen LogP contribution in [0.15, 0.2) is 0 Å². The first-order chi connectivity index (χ1) is 7.92. The number of ether oxygens (including phenoxy) is 1. The number of carbonyl (C=O) groups is 2. The number of esters is 1. The molecule has 0 fully saturated rings. The highest BCUT2D eigenvalue weighted by Gasteiger charge is 2.26. The van der Waals surface area contributed by atoms with Crippen LogP contribution in [-0.4, -0.2) is 37.6 Å². The molecular formula is C12H24N2O3. The van der Waals surface area contributed by atoms with Gasteiger partial charge in [-0.05, 0) is 5.92 Å². The number of rotatable bonds is 7. The standard InChI is InChI=1S/C12H24N2O3/c1-6-9(4)11(12(16)17-5)14-10(15)7-13-8(2)3/h8-9,11,13H,6-7H2,1-5H3,(H,14,15). The first kappa shape index (κ1) is 15.9. The molecule has 0 aliphatic heterocycles. The van der Waals surface area contributed by atoms with Crippen LogP contribution >= 0.6 is 0 Å². The first-order valence-corrected chi connectivity index (χ1v) is 6.02. The number of hydrogen-bond acceptors (Lipinski definition) is 4. The van der Waals surface area contributed by atoms with Gasteiger partial charge in [0.1, 0.15) is 6.04 Å². The Morgan fingerprint density at radius 2 is 1.82 bits per heavy atom. The van der Waals surface area contributed by atoms with Crippen LogP contribution in [0.1, 0.15) is 34.1 Å². The second kappa shape index (κ2) is 8.06. The summed E-state index contributed by atoms with van der Waals surface area (Å²) in [5, 5.41) is 5.70. The monoisotopic (exact) mass is 244 g/mol. The Morgan fingerprint density at radius 1 is 1.24 bits per heavy atom. The van der Waals surface area contributed by atoms with Gasteiger partial charge in [-0.3, -0.25) is 4.79 Å². The van der Waals surface area contributed by atoms with E-state index < -0.39 is 12.0 Å². The third kappa shape index (κ3) is 6.26. The van der Waals surface area contributed by atoms with E-state index in [-0.39, 0.29) is 24.4 Å². The Bertz CT molecular complexity index is 254. The van der Waals surface area contributed by atoms with Crippen LogP contribution < -0.4 is 10.6 Å². The van der Waals surface area contributed by atoms with Gasteiger partial charge in [-0.2, -0.15) is 0 Å². The Kier molecular flexibility index (Phi) is 7.54. The smallest absolute Gasteiger partial charge is 0.328 e. The summed E-state index contributed by atoms with van der Waals surface area (Å²) in [7, 11) is 1.33. The fourth-order valence-corrected chi connectivity index (χ4v) is 1.32. The molecule has 0 aromatic heterocycles. The second-order valence-electron chi connectivity index (χ2n) is 4.49. The number of methoxy groups -OCH3 is 1. The summed E-state index contributed by atoms with van der Waals surface area (Å²) in [6, 6.07) is -0.326. The van der Waals surface area contributed by atoms with Crippen LogP contribution in [0.25, 0.3) is 0 Å². The van der Waals surface area contributed by atoms with Gasteiger partial charge in [0.2, 0.25) is 5.91 Å². The van der Waals surface area contributed by atoms with Crippen LogP contribution in [0.2, 0.25) is 0 Å². The van der Waals surface area contributed by atoms with Crippen molar-refractivity contribution in [2.24, 2.45) is 5.92 Å². The maximum atomic E-state index is 11.6. The average Bonchev–Trinajstić information content (AvgIpc) is 2.31. The molecule has 0 aliphatic rings. The fourth-order valence-electron chi connectivity index (χ4n) is 1.32. The van der Waals surface area contributed by atoms with E-state index in [4.69, 9.17) is 0 Å². The van der Waals surface area contributed by atoms with Crippen LogP contribution in [0, 0.1) is 5.92 Å². The molecule has 0 aliphatic carbocycles. The van der Waals surface area contributed by atoms with Crippen LogP contribution in [0.4, 0.5) is 0 Å². The van der Waals surface area contributed by atoms with Crippen molar-refractivity contribution < 1.29 is 14.3 Å². The molecule has 0 spiro atoms. The molecule has 0 rings (SSSR count). The van der Waals surface area contributed by atoms with Crippen molar-refractivity contribution >= 4 is 11.9 Å². The molecule has 2 unspecified atom stereocenters. The number of amides is 1. The van der Waals surface area contributed by atoms with Gasteiger partial charge >= 0.3 is 5.97 Å². The third-order valence-corrected chi connectivity index (χ3v) is 2.66. The molecule has 17 heavy (non-hydrogen) atoms. The molecule has 5 nitrogen and oxygen atoms in total. The molecule has 2 atom stereocenters. The van der Waals surface area contributed by atoms with Crippen molar-refractivity contribution in [1.82, 2.24) is 10.6 Å². The summed E-state index contributed by atoms with van der Waals surface area (Å²) in [6.45, 7) is 8.01. The quantitative estimate of drug-likeness (QED) is 0.647. The Labute approximate surface area is 103 Å². The molecule has 0 saturated heterocycles. The van der Waals surface area contributed by atoms with E-state index >= 15 is 0 Å². The minimum Gasteiger partial charge on any atom is -0.467 e. The highest BCUT2D eigenvalue weighted by Crippen LogP contribution is 2.08. The van der Waals surface area contributed by atoms with Gasteiger partial charge < -0.3 is 15.4 Å². The number of carbonyl (C=O) groups excluding carboxylic acids is 2. The fraction of sp³-hybridized carbons (Fsp3) is 0.833. The van der Waals surface area contributed by atoms with E-state index in [2.05, 4.69) is 15.4 Å². The zero-order chi connectivity index (χ0) is 13.4. The lowest BCUT2D eigenvalue weighted by Crippen LogP contribution is -2.49. The topological polar surface area (TPSA) is 67.4 Å². The van der Waals surface area contributed by atoms with E-state index in [9.17, 15) is 9.59 Å². The van der Waals surface area contributed by atoms with Crippen molar-refractivity contribution in [3.63, 3.8) is 0 Å². The summed E-state index contributed by atoms with van der Waals surface area (Å²) in [5.74, 6) is -0.517. The number of hydrogen-bond donors (Lipinski definition) is 2. The summed E-state index contributed by atoms with van der Waals surface area (Å²) in [6.07, 6.45) is 0.803. The maximum absolute atomic E-state index is 11.6. The summed E-state index contributed by atoms with van der Waals surface area (Å²) in [4.78, 5) is 23.1. The third-order valence-electron chi connectivity index (χ3n) is 2.66. The molecular weight excluding hydrogens is 220 g/mol. The Morgan fingerprint density at radius 3 is 2.24 bits per heavy atom. The lowest BCUT2D eigenvalue weighted by atomic mass is 9.99. The van der Waals surface area contributed by atoms with Gasteiger partial charge in [0.05, 0.1) is 13.7 Å². The largest absolute Gasteiger partial charge is 0.467 e. The van der Waals surface area contributed by atoms with Gasteiger partial charge in [0.25, 0.3) is 0 Å². The molecule has 1 amide bonds. The highest BCUT2D eigenvalue weighted by atomic mass is 16.5. The van der Waals surface area contributed by atoms with Gasteiger partial charge in [-0.25, -0.2) is 4.79 Å². The highest BCUT2D eigenvalue weighted by molar-refractivity contribution is 5.85. The summed E-state index contributed by atoms with van der Waals surface area (Å²) < 4.78 is 4.69. The first-order valence-electron chi connectivity index (χ1n) is 6.02. The molecule has 0 bridgehead atoms. The van der Waals surface area contributed by atoms with Crippen LogP contribution in [0.3, 0.4) is 0 Å². The lowest BCUT2D eigenvalue weighted by molar-refractivity contribution is -0.146. The van der Waals surface area contributed by atoms with E-state index in [0.29, 0.717) is 0 Å². The molecule has 0 aromatic rings. The van der Waals surface area contributed by atoms with Gasteiger partial charge in [0.15, 0.2) is 0 Å². The zero-order valence-electron chi connectivity index (χ0n) is 11.4. The van der Waals surface area contributed by atoms with Crippen molar-refractivity contribution in [3.8, 4) is 0 Å². The van der Waals surface area contributed by atoms with Crippen molar-refractivity contribution in [3.05, 3.63) is 0 Å². The molecule has 2 N–H and O–H groups in total. The van der Waals surface area contributed by atoms with Crippen LogP contribution in [-0.2, 0) is 14.3 Å². The minimum absolute atomic E-state index is 0.0606.